The molecule has 0 saturated carbocycles. The fourth-order valence-electron chi connectivity index (χ4n) is 1.44. The van der Waals surface area contributed by atoms with E-state index in [4.69, 9.17) is 4.74 Å². The number of H-pyrrole nitrogens is 1. The Morgan fingerprint density at radius 1 is 1.44 bits per heavy atom. The second-order valence-corrected chi connectivity index (χ2v) is 4.55. The van der Waals surface area contributed by atoms with Gasteiger partial charge in [0, 0.05) is 6.07 Å². The van der Waals surface area contributed by atoms with E-state index in [0.29, 0.717) is 27.4 Å². The summed E-state index contributed by atoms with van der Waals surface area (Å²) in [6.07, 6.45) is 2.06. The van der Waals surface area contributed by atoms with Crippen molar-refractivity contribution in [2.75, 3.05) is 7.11 Å². The number of aromatic amines is 1. The molecule has 0 fully saturated rings. The van der Waals surface area contributed by atoms with Crippen LogP contribution in [0.1, 0.15) is 12.6 Å². The van der Waals surface area contributed by atoms with Gasteiger partial charge in [0.15, 0.2) is 5.82 Å². The van der Waals surface area contributed by atoms with Gasteiger partial charge in [0.05, 0.1) is 16.4 Å². The van der Waals surface area contributed by atoms with Crippen LogP contribution in [-0.4, -0.2) is 27.0 Å². The summed E-state index contributed by atoms with van der Waals surface area (Å²) < 4.78 is 5.63. The van der Waals surface area contributed by atoms with Crippen LogP contribution in [-0.2, 0) is 6.42 Å². The molecule has 0 saturated heterocycles. The smallest absolute Gasteiger partial charge is 0.264 e. The Kier molecular flexibility index (Phi) is 3.90. The van der Waals surface area contributed by atoms with Gasteiger partial charge in [0.25, 0.3) is 5.56 Å². The molecule has 0 atom stereocenters. The third-order valence-corrected chi connectivity index (χ3v) is 3.47. The van der Waals surface area contributed by atoms with E-state index < -0.39 is 0 Å². The summed E-state index contributed by atoms with van der Waals surface area (Å²) in [5, 5.41) is 0. The van der Waals surface area contributed by atoms with Crippen LogP contribution >= 0.6 is 22.6 Å². The summed E-state index contributed by atoms with van der Waals surface area (Å²) in [5.41, 5.74) is 1.13. The number of aryl methyl sites for hydroxylation is 1. The van der Waals surface area contributed by atoms with E-state index in [-0.39, 0.29) is 5.56 Å². The van der Waals surface area contributed by atoms with E-state index in [1.54, 1.807) is 6.07 Å². The Bertz CT molecular complexity index is 627. The second kappa shape index (κ2) is 5.42. The van der Waals surface area contributed by atoms with Crippen LogP contribution in [0.3, 0.4) is 0 Å². The topological polar surface area (TPSA) is 80.8 Å². The van der Waals surface area contributed by atoms with Crippen LogP contribution in [0.15, 0.2) is 17.2 Å². The van der Waals surface area contributed by atoms with Crippen molar-refractivity contribution in [2.45, 2.75) is 13.3 Å². The molecule has 6 nitrogen and oxygen atoms in total. The van der Waals surface area contributed by atoms with E-state index >= 15 is 0 Å². The standard InChI is InChI=1S/C11H11IN4O2/c1-3-6-9(12)11(17)16-10(15-6)7-4-8(18-2)14-5-13-7/h4-5H,3H2,1-2H3,(H,15,16,17). The molecule has 0 radical (unpaired) electrons. The van der Waals surface area contributed by atoms with Crippen LogP contribution in [0.2, 0.25) is 0 Å². The van der Waals surface area contributed by atoms with E-state index in [1.165, 1.54) is 13.4 Å². The van der Waals surface area contributed by atoms with Gasteiger partial charge in [-0.05, 0) is 29.0 Å². The molecule has 18 heavy (non-hydrogen) atoms. The number of rotatable bonds is 3. The second-order valence-electron chi connectivity index (χ2n) is 3.47. The molecule has 0 aliphatic heterocycles. The molecule has 2 rings (SSSR count). The monoisotopic (exact) mass is 358 g/mol. The highest BCUT2D eigenvalue weighted by atomic mass is 127. The molecular formula is C11H11IN4O2. The number of halogens is 1. The summed E-state index contributed by atoms with van der Waals surface area (Å²) in [4.78, 5) is 26.8. The summed E-state index contributed by atoms with van der Waals surface area (Å²) in [6, 6.07) is 1.63. The first kappa shape index (κ1) is 12.9. The molecule has 7 heteroatoms. The van der Waals surface area contributed by atoms with Gasteiger partial charge in [-0.25, -0.2) is 15.0 Å². The van der Waals surface area contributed by atoms with E-state index in [0.717, 1.165) is 5.69 Å². The normalized spacial score (nSPS) is 10.4. The van der Waals surface area contributed by atoms with Gasteiger partial charge in [0.1, 0.15) is 12.0 Å². The lowest BCUT2D eigenvalue weighted by Gasteiger charge is -2.05. The molecule has 0 unspecified atom stereocenters. The van der Waals surface area contributed by atoms with Crippen molar-refractivity contribution in [3.05, 3.63) is 32.0 Å². The highest BCUT2D eigenvalue weighted by molar-refractivity contribution is 14.1. The average molecular weight is 358 g/mol. The fraction of sp³-hybridized carbons (Fsp3) is 0.273. The molecule has 0 spiro atoms. The summed E-state index contributed by atoms with van der Waals surface area (Å²) >= 11 is 1.99. The first-order valence-electron chi connectivity index (χ1n) is 5.30. The summed E-state index contributed by atoms with van der Waals surface area (Å²) in [6.45, 7) is 1.95. The molecule has 2 heterocycles. The van der Waals surface area contributed by atoms with E-state index in [9.17, 15) is 4.79 Å². The van der Waals surface area contributed by atoms with Gasteiger partial charge in [-0.2, -0.15) is 0 Å². The minimum absolute atomic E-state index is 0.157. The molecule has 0 aliphatic carbocycles. The largest absolute Gasteiger partial charge is 0.481 e. The van der Waals surface area contributed by atoms with Gasteiger partial charge in [0.2, 0.25) is 5.88 Å². The summed E-state index contributed by atoms with van der Waals surface area (Å²) in [5.74, 6) is 0.859. The maximum atomic E-state index is 11.8. The third kappa shape index (κ3) is 2.50. The number of hydrogen-bond donors (Lipinski definition) is 1. The zero-order chi connectivity index (χ0) is 13.1. The van der Waals surface area contributed by atoms with Crippen LogP contribution in [0.4, 0.5) is 0 Å². The van der Waals surface area contributed by atoms with Crippen molar-refractivity contribution in [2.24, 2.45) is 0 Å². The lowest BCUT2D eigenvalue weighted by molar-refractivity contribution is 0.397. The number of ether oxygens (including phenoxy) is 1. The molecule has 2 aromatic heterocycles. The van der Waals surface area contributed by atoms with Crippen LogP contribution in [0, 0.1) is 3.57 Å². The minimum atomic E-state index is -0.157. The molecule has 1 N–H and O–H groups in total. The molecule has 0 aliphatic rings. The van der Waals surface area contributed by atoms with Crippen LogP contribution < -0.4 is 10.3 Å². The van der Waals surface area contributed by atoms with Gasteiger partial charge in [-0.15, -0.1) is 0 Å². The van der Waals surface area contributed by atoms with Crippen molar-refractivity contribution < 1.29 is 4.74 Å². The van der Waals surface area contributed by atoms with Crippen LogP contribution in [0.5, 0.6) is 5.88 Å². The zero-order valence-corrected chi connectivity index (χ0v) is 12.1. The fourth-order valence-corrected chi connectivity index (χ4v) is 2.08. The Balaban J connectivity index is 2.57. The highest BCUT2D eigenvalue weighted by Crippen LogP contribution is 2.16. The predicted octanol–water partition coefficient (Wildman–Crippen LogP) is 1.40. The van der Waals surface area contributed by atoms with Crippen LogP contribution in [0.25, 0.3) is 11.5 Å². The lowest BCUT2D eigenvalue weighted by Crippen LogP contribution is -2.16. The maximum Gasteiger partial charge on any atom is 0.264 e. The Labute approximate surface area is 117 Å². The molecule has 2 aromatic rings. The molecular weight excluding hydrogens is 347 g/mol. The summed E-state index contributed by atoms with van der Waals surface area (Å²) in [7, 11) is 1.52. The quantitative estimate of drug-likeness (QED) is 0.839. The highest BCUT2D eigenvalue weighted by Gasteiger charge is 2.10. The minimum Gasteiger partial charge on any atom is -0.481 e. The Morgan fingerprint density at radius 2 is 2.22 bits per heavy atom. The number of nitrogens with one attached hydrogen (secondary N) is 1. The third-order valence-electron chi connectivity index (χ3n) is 2.36. The zero-order valence-electron chi connectivity index (χ0n) is 9.90. The number of nitrogens with zero attached hydrogens (tertiary/aromatic N) is 3. The first-order chi connectivity index (χ1) is 8.65. The van der Waals surface area contributed by atoms with Crippen molar-refractivity contribution >= 4 is 22.6 Å². The van der Waals surface area contributed by atoms with Crippen molar-refractivity contribution in [3.63, 3.8) is 0 Å². The molecule has 0 amide bonds. The molecule has 0 bridgehead atoms. The van der Waals surface area contributed by atoms with Gasteiger partial charge in [-0.1, -0.05) is 6.92 Å². The van der Waals surface area contributed by atoms with Crippen molar-refractivity contribution in [1.82, 2.24) is 19.9 Å². The predicted molar refractivity (Wildman–Crippen MR) is 74.5 cm³/mol. The lowest BCUT2D eigenvalue weighted by atomic mass is 10.3. The maximum absolute atomic E-state index is 11.8. The molecule has 94 valence electrons. The Hall–Kier alpha value is -1.51. The van der Waals surface area contributed by atoms with Gasteiger partial charge in [-0.3, -0.25) is 4.79 Å². The van der Waals surface area contributed by atoms with Gasteiger partial charge < -0.3 is 9.72 Å². The Morgan fingerprint density at radius 3 is 2.89 bits per heavy atom. The van der Waals surface area contributed by atoms with E-state index in [1.807, 2.05) is 29.5 Å². The van der Waals surface area contributed by atoms with Crippen molar-refractivity contribution in [3.8, 4) is 17.4 Å². The molecule has 0 aromatic carbocycles. The SMILES string of the molecule is CCc1nc(-c2cc(OC)ncn2)[nH]c(=O)c1I. The van der Waals surface area contributed by atoms with Gasteiger partial charge >= 0.3 is 0 Å². The average Bonchev–Trinajstić information content (AvgIpc) is 2.41. The number of hydrogen-bond acceptors (Lipinski definition) is 5. The van der Waals surface area contributed by atoms with E-state index in [2.05, 4.69) is 19.9 Å². The first-order valence-corrected chi connectivity index (χ1v) is 6.38. The number of methoxy groups -OCH3 is 1. The number of aromatic nitrogens is 4. The van der Waals surface area contributed by atoms with Crippen molar-refractivity contribution in [1.29, 1.82) is 0 Å².